The number of phosphoric ester groups is 2. The maximum Gasteiger partial charge on any atom is 0.472 e. The van der Waals surface area contributed by atoms with Crippen molar-refractivity contribution < 1.29 is 80.2 Å². The zero-order valence-corrected chi connectivity index (χ0v) is 70.5. The smallest absolute Gasteiger partial charge is 0.462 e. The van der Waals surface area contributed by atoms with E-state index < -0.39 is 97.5 Å². The predicted molar refractivity (Wildman–Crippen MR) is 428 cm³/mol. The fraction of sp³-hybridized carbons (Fsp3) is 0.953. The highest BCUT2D eigenvalue weighted by Gasteiger charge is 2.30. The minimum Gasteiger partial charge on any atom is -0.462 e. The Morgan fingerprint density at radius 1 is 0.269 bits per heavy atom. The number of carbonyl (C=O) groups excluding carboxylic acids is 4. The van der Waals surface area contributed by atoms with Gasteiger partial charge in [-0.05, 0) is 49.4 Å². The fourth-order valence-corrected chi connectivity index (χ4v) is 14.7. The summed E-state index contributed by atoms with van der Waals surface area (Å²) in [6.45, 7) is 14.3. The summed E-state index contributed by atoms with van der Waals surface area (Å²) < 4.78 is 68.7. The number of carbonyl (C=O) groups is 4. The molecule has 0 saturated carbocycles. The second-order valence-electron chi connectivity index (χ2n) is 32.0. The molecule has 0 saturated heterocycles. The van der Waals surface area contributed by atoms with E-state index in [1.54, 1.807) is 0 Å². The van der Waals surface area contributed by atoms with Crippen molar-refractivity contribution in [3.05, 3.63) is 0 Å². The highest BCUT2D eigenvalue weighted by molar-refractivity contribution is 7.47. The number of esters is 4. The van der Waals surface area contributed by atoms with Crippen LogP contribution in [-0.4, -0.2) is 96.7 Å². The molecule has 618 valence electrons. The number of ether oxygens (including phenoxy) is 4. The molecule has 104 heavy (non-hydrogen) atoms. The highest BCUT2D eigenvalue weighted by Crippen LogP contribution is 2.45. The Kier molecular flexibility index (Phi) is 72.5. The van der Waals surface area contributed by atoms with Gasteiger partial charge in [-0.25, -0.2) is 9.13 Å². The minimum atomic E-state index is -4.97. The van der Waals surface area contributed by atoms with Gasteiger partial charge in [-0.2, -0.15) is 0 Å². The number of unbranched alkanes of at least 4 members (excludes halogenated alkanes) is 46. The van der Waals surface area contributed by atoms with Crippen LogP contribution in [-0.2, 0) is 65.4 Å². The Balaban J connectivity index is 5.17. The third-order valence-electron chi connectivity index (χ3n) is 20.5. The molecule has 0 aromatic heterocycles. The van der Waals surface area contributed by atoms with Crippen LogP contribution in [0.5, 0.6) is 0 Å². The molecule has 0 rings (SSSR count). The Bertz CT molecular complexity index is 2030. The zero-order valence-electron chi connectivity index (χ0n) is 68.7. The first-order valence-corrected chi connectivity index (χ1v) is 46.8. The molecule has 0 spiro atoms. The van der Waals surface area contributed by atoms with Crippen LogP contribution in [0.25, 0.3) is 0 Å². The molecule has 5 unspecified atom stereocenters. The monoisotopic (exact) mass is 1520 g/mol. The molecule has 0 radical (unpaired) electrons. The predicted octanol–water partition coefficient (Wildman–Crippen LogP) is 25.6. The van der Waals surface area contributed by atoms with E-state index in [4.69, 9.17) is 37.0 Å². The molecule has 0 fully saturated rings. The number of aliphatic hydroxyl groups is 1. The standard InChI is InChI=1S/C85H166O17P2/c1-9-77(7)63-55-47-39-31-27-23-19-15-11-13-17-21-25-29-33-41-49-57-65-82(87)95-71-80(101-84(89)67-59-51-42-34-30-26-22-18-14-12-16-20-24-28-32-40-48-56-64-78(8)10-2)73-99-103(91,92)97-69-79(86)70-98-104(93,94)100-74-81(102-85(90)68-60-52-44-36-38-46-54-62-76(5)6)72-96-83(88)66-58-50-43-35-37-45-53-61-75(3)4/h75-81,86H,9-74H2,1-8H3,(H,91,92)(H,93,94)/t77?,78?,79?,80-,81-/m1/s1. The van der Waals surface area contributed by atoms with E-state index >= 15 is 0 Å². The van der Waals surface area contributed by atoms with E-state index in [2.05, 4.69) is 55.4 Å². The van der Waals surface area contributed by atoms with Gasteiger partial charge in [-0.15, -0.1) is 0 Å². The summed E-state index contributed by atoms with van der Waals surface area (Å²) in [6.07, 6.45) is 62.8. The van der Waals surface area contributed by atoms with Gasteiger partial charge in [0.15, 0.2) is 12.2 Å². The minimum absolute atomic E-state index is 0.103. The Hall–Kier alpha value is -1.94. The first-order valence-electron chi connectivity index (χ1n) is 43.8. The average Bonchev–Trinajstić information content (AvgIpc) is 0.911. The van der Waals surface area contributed by atoms with Crippen LogP contribution >= 0.6 is 15.6 Å². The topological polar surface area (TPSA) is 237 Å². The molecule has 0 aliphatic carbocycles. The number of rotatable bonds is 82. The second-order valence-corrected chi connectivity index (χ2v) is 34.9. The SMILES string of the molecule is CCC(C)CCCCCCCCCCCCCCCCCCCCC(=O)OC[C@H](COP(=O)(O)OCC(O)COP(=O)(O)OC[C@@H](COC(=O)CCCCCCCCCC(C)C)OC(=O)CCCCCCCCCC(C)C)OC(=O)CCCCCCCCCCCCCCCCCCCCC(C)CC. The van der Waals surface area contributed by atoms with Crippen molar-refractivity contribution in [1.82, 2.24) is 0 Å². The lowest BCUT2D eigenvalue weighted by Crippen LogP contribution is -2.30. The summed E-state index contributed by atoms with van der Waals surface area (Å²) in [5.41, 5.74) is 0. The Morgan fingerprint density at radius 3 is 0.683 bits per heavy atom. The number of hydrogen-bond donors (Lipinski definition) is 3. The first kappa shape index (κ1) is 102. The van der Waals surface area contributed by atoms with Crippen molar-refractivity contribution in [2.75, 3.05) is 39.6 Å². The maximum absolute atomic E-state index is 13.1. The lowest BCUT2D eigenvalue weighted by molar-refractivity contribution is -0.161. The highest BCUT2D eigenvalue weighted by atomic mass is 31.2. The molecular formula is C85H166O17P2. The molecule has 0 aromatic carbocycles. The summed E-state index contributed by atoms with van der Waals surface area (Å²) in [5, 5.41) is 10.6. The summed E-state index contributed by atoms with van der Waals surface area (Å²) in [5.74, 6) is 1.03. The van der Waals surface area contributed by atoms with Gasteiger partial charge in [0.2, 0.25) is 0 Å². The summed E-state index contributed by atoms with van der Waals surface area (Å²) in [7, 11) is -9.92. The van der Waals surface area contributed by atoms with Crippen LogP contribution in [0.1, 0.15) is 441 Å². The second kappa shape index (κ2) is 73.8. The van der Waals surface area contributed by atoms with Crippen molar-refractivity contribution >= 4 is 39.5 Å². The molecule has 0 heterocycles. The third kappa shape index (κ3) is 75.5. The lowest BCUT2D eigenvalue weighted by atomic mass is 9.99. The van der Waals surface area contributed by atoms with Crippen LogP contribution in [0.2, 0.25) is 0 Å². The van der Waals surface area contributed by atoms with Crippen molar-refractivity contribution in [3.63, 3.8) is 0 Å². The molecule has 0 aliphatic rings. The van der Waals surface area contributed by atoms with Crippen molar-refractivity contribution in [3.8, 4) is 0 Å². The van der Waals surface area contributed by atoms with Crippen molar-refractivity contribution in [2.45, 2.75) is 459 Å². The Labute approximate surface area is 638 Å². The average molecular weight is 1520 g/mol. The molecular weight excluding hydrogens is 1350 g/mol. The Morgan fingerprint density at radius 2 is 0.462 bits per heavy atom. The van der Waals surface area contributed by atoms with E-state index in [0.29, 0.717) is 37.5 Å². The zero-order chi connectivity index (χ0) is 76.7. The maximum atomic E-state index is 13.1. The summed E-state index contributed by atoms with van der Waals surface area (Å²) >= 11 is 0. The molecule has 17 nitrogen and oxygen atoms in total. The summed E-state index contributed by atoms with van der Waals surface area (Å²) in [4.78, 5) is 73.0. The van der Waals surface area contributed by atoms with Crippen LogP contribution in [0.15, 0.2) is 0 Å². The van der Waals surface area contributed by atoms with Crippen molar-refractivity contribution in [1.29, 1.82) is 0 Å². The van der Waals surface area contributed by atoms with Gasteiger partial charge in [0.25, 0.3) is 0 Å². The fourth-order valence-electron chi connectivity index (χ4n) is 13.1. The van der Waals surface area contributed by atoms with Crippen LogP contribution in [0.3, 0.4) is 0 Å². The first-order chi connectivity index (χ1) is 50.2. The van der Waals surface area contributed by atoms with E-state index in [9.17, 15) is 43.2 Å². The summed E-state index contributed by atoms with van der Waals surface area (Å²) in [6, 6.07) is 0. The van der Waals surface area contributed by atoms with Crippen LogP contribution < -0.4 is 0 Å². The van der Waals surface area contributed by atoms with Gasteiger partial charge in [-0.1, -0.05) is 389 Å². The number of hydrogen-bond acceptors (Lipinski definition) is 15. The molecule has 0 aromatic rings. The van der Waals surface area contributed by atoms with Gasteiger partial charge in [0, 0.05) is 25.7 Å². The van der Waals surface area contributed by atoms with E-state index in [0.717, 1.165) is 108 Å². The van der Waals surface area contributed by atoms with Gasteiger partial charge in [-0.3, -0.25) is 37.3 Å². The van der Waals surface area contributed by atoms with Gasteiger partial charge in [0.1, 0.15) is 19.3 Å². The molecule has 0 aliphatic heterocycles. The lowest BCUT2D eigenvalue weighted by Gasteiger charge is -2.21. The van der Waals surface area contributed by atoms with Crippen molar-refractivity contribution in [2.24, 2.45) is 23.7 Å². The number of aliphatic hydroxyl groups excluding tert-OH is 1. The van der Waals surface area contributed by atoms with Gasteiger partial charge in [0.05, 0.1) is 26.4 Å². The quantitative estimate of drug-likeness (QED) is 0.0222. The molecule has 0 bridgehead atoms. The van der Waals surface area contributed by atoms with Crippen LogP contribution in [0, 0.1) is 23.7 Å². The van der Waals surface area contributed by atoms with E-state index in [-0.39, 0.29) is 25.7 Å². The largest absolute Gasteiger partial charge is 0.472 e. The van der Waals surface area contributed by atoms with Gasteiger partial charge >= 0.3 is 39.5 Å². The van der Waals surface area contributed by atoms with Crippen LogP contribution in [0.4, 0.5) is 0 Å². The van der Waals surface area contributed by atoms with Gasteiger partial charge < -0.3 is 33.8 Å². The van der Waals surface area contributed by atoms with E-state index in [1.165, 1.54) is 238 Å². The van der Waals surface area contributed by atoms with E-state index in [1.807, 2.05) is 0 Å². The molecule has 19 heteroatoms. The molecule has 0 amide bonds. The molecule has 7 atom stereocenters. The molecule has 3 N–H and O–H groups in total. The number of phosphoric acid groups is 2. The third-order valence-corrected chi connectivity index (χ3v) is 22.4. The normalized spacial score (nSPS) is 14.5.